The molecule has 2 aromatic heterocycles. The lowest BCUT2D eigenvalue weighted by molar-refractivity contribution is 0.498. The highest BCUT2D eigenvalue weighted by Crippen LogP contribution is 2.37. The van der Waals surface area contributed by atoms with Crippen molar-refractivity contribution >= 4 is 60.6 Å². The molecule has 0 spiro atoms. The molecular formula is C19H20BrClN4OS. The number of benzene rings is 1. The number of fused-ring (bicyclic) bond motifs is 2. The Hall–Kier alpha value is -1.54. The van der Waals surface area contributed by atoms with Gasteiger partial charge >= 0.3 is 0 Å². The Balaban J connectivity index is 1.31. The largest absolute Gasteiger partial charge is 0.383 e. The molecule has 0 amide bonds. The number of hydrogen-bond donors (Lipinski definition) is 4. The van der Waals surface area contributed by atoms with Crippen molar-refractivity contribution in [3.63, 3.8) is 0 Å². The quantitative estimate of drug-likeness (QED) is 0.387. The first-order valence-corrected chi connectivity index (χ1v) is 11.0. The summed E-state index contributed by atoms with van der Waals surface area (Å²) in [7, 11) is 0. The maximum atomic E-state index is 12.0. The molecule has 142 valence electrons. The van der Waals surface area contributed by atoms with E-state index >= 15 is 0 Å². The first-order valence-electron chi connectivity index (χ1n) is 8.92. The van der Waals surface area contributed by atoms with E-state index in [0.29, 0.717) is 6.04 Å². The number of thiophene rings is 1. The van der Waals surface area contributed by atoms with Crippen molar-refractivity contribution in [3.8, 4) is 0 Å². The number of nitrogens with one attached hydrogen (secondary N) is 4. The van der Waals surface area contributed by atoms with Crippen LogP contribution in [0.25, 0.3) is 10.2 Å². The second-order valence-corrected chi connectivity index (χ2v) is 8.80. The van der Waals surface area contributed by atoms with E-state index in [0.717, 1.165) is 63.7 Å². The topological polar surface area (TPSA) is 69.0 Å². The summed E-state index contributed by atoms with van der Waals surface area (Å²) in [4.78, 5) is 15.3. The van der Waals surface area contributed by atoms with Gasteiger partial charge < -0.3 is 20.9 Å². The van der Waals surface area contributed by atoms with E-state index in [2.05, 4.69) is 42.9 Å². The van der Waals surface area contributed by atoms with Crippen LogP contribution in [0.5, 0.6) is 0 Å². The molecule has 1 aliphatic rings. The molecule has 27 heavy (non-hydrogen) atoms. The monoisotopic (exact) mass is 466 g/mol. The van der Waals surface area contributed by atoms with Crippen LogP contribution in [0.3, 0.4) is 0 Å². The summed E-state index contributed by atoms with van der Waals surface area (Å²) in [5.74, 6) is 0.772. The van der Waals surface area contributed by atoms with E-state index in [4.69, 9.17) is 11.6 Å². The molecule has 1 atom stereocenters. The summed E-state index contributed by atoms with van der Waals surface area (Å²) in [5.41, 5.74) is 3.19. The van der Waals surface area contributed by atoms with Gasteiger partial charge in [-0.1, -0.05) is 27.5 Å². The van der Waals surface area contributed by atoms with Crippen LogP contribution in [0.2, 0.25) is 5.02 Å². The molecule has 0 aliphatic carbocycles. The zero-order valence-electron chi connectivity index (χ0n) is 14.6. The van der Waals surface area contributed by atoms with Gasteiger partial charge in [-0.2, -0.15) is 0 Å². The Bertz CT molecular complexity index is 1020. The second-order valence-electron chi connectivity index (χ2n) is 6.56. The van der Waals surface area contributed by atoms with Crippen molar-refractivity contribution in [1.82, 2.24) is 10.3 Å². The molecule has 0 bridgehead atoms. The Morgan fingerprint density at radius 1 is 1.30 bits per heavy atom. The zero-order chi connectivity index (χ0) is 18.8. The molecule has 0 saturated heterocycles. The predicted molar refractivity (Wildman–Crippen MR) is 119 cm³/mol. The lowest BCUT2D eigenvalue weighted by atomic mass is 9.98. The Kier molecular flexibility index (Phi) is 5.73. The average Bonchev–Trinajstić information content (AvgIpc) is 3.11. The predicted octanol–water partition coefficient (Wildman–Crippen LogP) is 4.95. The van der Waals surface area contributed by atoms with Gasteiger partial charge in [0.2, 0.25) is 5.43 Å². The highest BCUT2D eigenvalue weighted by Gasteiger charge is 2.21. The van der Waals surface area contributed by atoms with Crippen LogP contribution in [0.15, 0.2) is 38.9 Å². The Morgan fingerprint density at radius 2 is 2.19 bits per heavy atom. The standard InChI is InChI=1S/C19H20BrClN4OS/c20-11-8-12-14(2-6-24-18(12)13(21)9-11)22-4-1-5-23-17-10-16(26)19-15(25-17)3-7-27-19/h3,7-10,14,22,24H,1-2,4-6H2,(H2,23,25,26). The number of aromatic amines is 1. The molecule has 4 N–H and O–H groups in total. The van der Waals surface area contributed by atoms with Crippen LogP contribution in [-0.4, -0.2) is 24.6 Å². The normalized spacial score (nSPS) is 16.1. The summed E-state index contributed by atoms with van der Waals surface area (Å²) in [6.07, 6.45) is 1.97. The van der Waals surface area contributed by atoms with Crippen molar-refractivity contribution in [2.24, 2.45) is 0 Å². The van der Waals surface area contributed by atoms with E-state index in [1.807, 2.05) is 17.5 Å². The van der Waals surface area contributed by atoms with E-state index < -0.39 is 0 Å². The van der Waals surface area contributed by atoms with Crippen molar-refractivity contribution < 1.29 is 0 Å². The van der Waals surface area contributed by atoms with E-state index in [9.17, 15) is 4.79 Å². The van der Waals surface area contributed by atoms with Gasteiger partial charge in [0, 0.05) is 29.7 Å². The minimum Gasteiger partial charge on any atom is -0.383 e. The molecule has 4 rings (SSSR count). The van der Waals surface area contributed by atoms with Gasteiger partial charge in [-0.3, -0.25) is 4.79 Å². The molecule has 5 nitrogen and oxygen atoms in total. The molecule has 0 fully saturated rings. The molecule has 0 saturated carbocycles. The summed E-state index contributed by atoms with van der Waals surface area (Å²) in [6.45, 7) is 2.58. The van der Waals surface area contributed by atoms with E-state index in [-0.39, 0.29) is 5.43 Å². The first-order chi connectivity index (χ1) is 13.1. The van der Waals surface area contributed by atoms with Crippen LogP contribution in [0.1, 0.15) is 24.4 Å². The highest BCUT2D eigenvalue weighted by molar-refractivity contribution is 9.10. The number of aromatic nitrogens is 1. The molecule has 3 heterocycles. The van der Waals surface area contributed by atoms with Crippen LogP contribution in [0, 0.1) is 0 Å². The summed E-state index contributed by atoms with van der Waals surface area (Å²) >= 11 is 11.3. The fourth-order valence-electron chi connectivity index (χ4n) is 3.42. The summed E-state index contributed by atoms with van der Waals surface area (Å²) < 4.78 is 1.77. The van der Waals surface area contributed by atoms with Crippen LogP contribution >= 0.6 is 38.9 Å². The summed E-state index contributed by atoms with van der Waals surface area (Å²) in [6, 6.07) is 7.91. The van der Waals surface area contributed by atoms with Gasteiger partial charge in [0.15, 0.2) is 0 Å². The molecule has 3 aromatic rings. The van der Waals surface area contributed by atoms with Gasteiger partial charge in [0.25, 0.3) is 0 Å². The van der Waals surface area contributed by atoms with Gasteiger partial charge in [0.05, 0.1) is 20.9 Å². The van der Waals surface area contributed by atoms with Crippen molar-refractivity contribution in [1.29, 1.82) is 0 Å². The Labute approximate surface area is 174 Å². The number of hydrogen-bond acceptors (Lipinski definition) is 5. The fraction of sp³-hybridized carbons (Fsp3) is 0.316. The van der Waals surface area contributed by atoms with Gasteiger partial charge in [0.1, 0.15) is 5.82 Å². The van der Waals surface area contributed by atoms with Crippen molar-refractivity contribution in [2.75, 3.05) is 30.3 Å². The zero-order valence-corrected chi connectivity index (χ0v) is 17.7. The maximum absolute atomic E-state index is 12.0. The minimum absolute atomic E-state index is 0.0631. The minimum atomic E-state index is 0.0631. The molecule has 8 heteroatoms. The van der Waals surface area contributed by atoms with E-state index in [1.54, 1.807) is 6.07 Å². The number of pyridine rings is 1. The third-order valence-electron chi connectivity index (χ3n) is 4.69. The van der Waals surface area contributed by atoms with Crippen LogP contribution < -0.4 is 21.4 Å². The average molecular weight is 468 g/mol. The summed E-state index contributed by atoms with van der Waals surface area (Å²) in [5, 5.41) is 13.0. The third-order valence-corrected chi connectivity index (χ3v) is 6.37. The molecular weight excluding hydrogens is 448 g/mol. The van der Waals surface area contributed by atoms with Crippen LogP contribution in [0.4, 0.5) is 11.5 Å². The van der Waals surface area contributed by atoms with Crippen molar-refractivity contribution in [3.05, 3.63) is 54.9 Å². The number of H-pyrrole nitrogens is 1. The van der Waals surface area contributed by atoms with Crippen molar-refractivity contribution in [2.45, 2.75) is 18.9 Å². The fourth-order valence-corrected chi connectivity index (χ4v) is 5.09. The Morgan fingerprint density at radius 3 is 3.07 bits per heavy atom. The SMILES string of the molecule is O=c1cc(NCCCNC2CCNc3c(Cl)cc(Br)cc32)[nH]c2ccsc12. The third kappa shape index (κ3) is 4.16. The van der Waals surface area contributed by atoms with Gasteiger partial charge in [-0.05, 0) is 48.5 Å². The molecule has 1 aliphatic heterocycles. The van der Waals surface area contributed by atoms with Crippen LogP contribution in [-0.2, 0) is 0 Å². The maximum Gasteiger partial charge on any atom is 0.201 e. The number of anilines is 2. The van der Waals surface area contributed by atoms with Gasteiger partial charge in [-0.25, -0.2) is 0 Å². The van der Waals surface area contributed by atoms with E-state index in [1.165, 1.54) is 16.9 Å². The lowest BCUT2D eigenvalue weighted by Crippen LogP contribution is -2.30. The second kappa shape index (κ2) is 8.22. The molecule has 0 radical (unpaired) electrons. The number of halogens is 2. The first kappa shape index (κ1) is 18.8. The molecule has 1 aromatic carbocycles. The van der Waals surface area contributed by atoms with Gasteiger partial charge in [-0.15, -0.1) is 11.3 Å². The lowest BCUT2D eigenvalue weighted by Gasteiger charge is -2.28. The smallest absolute Gasteiger partial charge is 0.201 e. The number of rotatable bonds is 6. The highest BCUT2D eigenvalue weighted by atomic mass is 79.9. The molecule has 1 unspecified atom stereocenters.